The molecule has 1 fully saturated rings. The van der Waals surface area contributed by atoms with Gasteiger partial charge in [-0.05, 0) is 50.3 Å². The number of aromatic nitrogens is 2. The molecule has 0 spiro atoms. The number of hydrogen-bond acceptors (Lipinski definition) is 4. The molecule has 0 unspecified atom stereocenters. The van der Waals surface area contributed by atoms with Gasteiger partial charge in [0.05, 0.1) is 0 Å². The lowest BCUT2D eigenvalue weighted by Gasteiger charge is -2.31. The van der Waals surface area contributed by atoms with Gasteiger partial charge in [-0.25, -0.2) is 9.97 Å². The quantitative estimate of drug-likeness (QED) is 0.911. The predicted octanol–water partition coefficient (Wildman–Crippen LogP) is 2.67. The van der Waals surface area contributed by atoms with Crippen LogP contribution in [0.1, 0.15) is 29.5 Å². The fraction of sp³-hybridized carbons (Fsp3) is 0.450. The van der Waals surface area contributed by atoms with Crippen LogP contribution in [-0.2, 0) is 11.2 Å². The Labute approximate surface area is 149 Å². The van der Waals surface area contributed by atoms with Gasteiger partial charge in [0.2, 0.25) is 11.9 Å². The molecule has 3 rings (SSSR count). The van der Waals surface area contributed by atoms with Gasteiger partial charge in [-0.2, -0.15) is 0 Å². The third-order valence-electron chi connectivity index (χ3n) is 4.89. The van der Waals surface area contributed by atoms with E-state index >= 15 is 0 Å². The molecule has 5 nitrogen and oxygen atoms in total. The van der Waals surface area contributed by atoms with Crippen molar-refractivity contribution in [3.63, 3.8) is 0 Å². The maximum absolute atomic E-state index is 12.4. The number of carbonyl (C=O) groups excluding carboxylic acids is 1. The molecule has 1 aromatic heterocycles. The van der Waals surface area contributed by atoms with E-state index in [4.69, 9.17) is 0 Å². The standard InChI is InChI=1S/C20H26N4O/c1-15-4-5-17(16(2)14-15)6-11-21-19(25)18-7-12-24(13-8-18)20-22-9-3-10-23-20/h3-5,9-10,14,18H,6-8,11-13H2,1-2H3,(H,21,25). The molecule has 0 saturated carbocycles. The van der Waals surface area contributed by atoms with Crippen LogP contribution in [0.5, 0.6) is 0 Å². The zero-order valence-electron chi connectivity index (χ0n) is 15.0. The average Bonchev–Trinajstić information content (AvgIpc) is 2.64. The van der Waals surface area contributed by atoms with Crippen molar-refractivity contribution in [3.05, 3.63) is 53.3 Å². The van der Waals surface area contributed by atoms with Crippen molar-refractivity contribution in [2.75, 3.05) is 24.5 Å². The van der Waals surface area contributed by atoms with E-state index in [-0.39, 0.29) is 11.8 Å². The Kier molecular flexibility index (Phi) is 5.64. The Balaban J connectivity index is 1.43. The van der Waals surface area contributed by atoms with Crippen LogP contribution >= 0.6 is 0 Å². The minimum Gasteiger partial charge on any atom is -0.356 e. The molecule has 0 bridgehead atoms. The molecule has 1 aromatic carbocycles. The van der Waals surface area contributed by atoms with Crippen molar-refractivity contribution in [1.29, 1.82) is 0 Å². The number of hydrogen-bond donors (Lipinski definition) is 1. The molecule has 0 atom stereocenters. The fourth-order valence-electron chi connectivity index (χ4n) is 3.39. The lowest BCUT2D eigenvalue weighted by molar-refractivity contribution is -0.125. The van der Waals surface area contributed by atoms with Gasteiger partial charge in [-0.3, -0.25) is 4.79 Å². The van der Waals surface area contributed by atoms with Crippen LogP contribution < -0.4 is 10.2 Å². The molecule has 1 amide bonds. The Hall–Kier alpha value is -2.43. The zero-order valence-corrected chi connectivity index (χ0v) is 15.0. The molecule has 25 heavy (non-hydrogen) atoms. The van der Waals surface area contributed by atoms with Gasteiger partial charge in [0.15, 0.2) is 0 Å². The summed E-state index contributed by atoms with van der Waals surface area (Å²) in [6, 6.07) is 8.30. The van der Waals surface area contributed by atoms with Crippen molar-refractivity contribution < 1.29 is 4.79 Å². The molecule has 0 aliphatic carbocycles. The van der Waals surface area contributed by atoms with Crippen molar-refractivity contribution in [2.45, 2.75) is 33.1 Å². The van der Waals surface area contributed by atoms with Crippen LogP contribution in [-0.4, -0.2) is 35.5 Å². The molecule has 2 aromatic rings. The van der Waals surface area contributed by atoms with Gasteiger partial charge in [0.25, 0.3) is 0 Å². The molecule has 132 valence electrons. The minimum absolute atomic E-state index is 0.0964. The van der Waals surface area contributed by atoms with E-state index < -0.39 is 0 Å². The predicted molar refractivity (Wildman–Crippen MR) is 99.6 cm³/mol. The molecule has 1 aliphatic rings. The average molecular weight is 338 g/mol. The van der Waals surface area contributed by atoms with Crippen LogP contribution in [0.4, 0.5) is 5.95 Å². The summed E-state index contributed by atoms with van der Waals surface area (Å²) in [5.41, 5.74) is 3.88. The minimum atomic E-state index is 0.0964. The maximum atomic E-state index is 12.4. The van der Waals surface area contributed by atoms with E-state index in [0.717, 1.165) is 38.3 Å². The van der Waals surface area contributed by atoms with Crippen molar-refractivity contribution in [3.8, 4) is 0 Å². The molecular weight excluding hydrogens is 312 g/mol. The molecule has 1 aliphatic heterocycles. The number of carbonyl (C=O) groups is 1. The first-order valence-corrected chi connectivity index (χ1v) is 8.99. The van der Waals surface area contributed by atoms with E-state index in [1.165, 1.54) is 16.7 Å². The first kappa shape index (κ1) is 17.4. The highest BCUT2D eigenvalue weighted by molar-refractivity contribution is 5.78. The number of nitrogens with zero attached hydrogens (tertiary/aromatic N) is 3. The lowest BCUT2D eigenvalue weighted by atomic mass is 9.96. The number of amides is 1. The second-order valence-corrected chi connectivity index (χ2v) is 6.78. The Morgan fingerprint density at radius 3 is 2.60 bits per heavy atom. The highest BCUT2D eigenvalue weighted by Crippen LogP contribution is 2.20. The normalized spacial score (nSPS) is 15.2. The third-order valence-corrected chi connectivity index (χ3v) is 4.89. The van der Waals surface area contributed by atoms with Gasteiger partial charge in [0, 0.05) is 37.9 Å². The van der Waals surface area contributed by atoms with Crippen LogP contribution in [0.2, 0.25) is 0 Å². The SMILES string of the molecule is Cc1ccc(CCNC(=O)C2CCN(c3ncccn3)CC2)c(C)c1. The molecule has 2 heterocycles. The Morgan fingerprint density at radius 2 is 1.92 bits per heavy atom. The summed E-state index contributed by atoms with van der Waals surface area (Å²) in [6.45, 7) is 6.60. The molecular formula is C20H26N4O. The summed E-state index contributed by atoms with van der Waals surface area (Å²) in [5, 5.41) is 3.11. The largest absolute Gasteiger partial charge is 0.356 e. The summed E-state index contributed by atoms with van der Waals surface area (Å²) in [5.74, 6) is 1.04. The van der Waals surface area contributed by atoms with Gasteiger partial charge < -0.3 is 10.2 Å². The van der Waals surface area contributed by atoms with E-state index in [1.807, 2.05) is 6.07 Å². The summed E-state index contributed by atoms with van der Waals surface area (Å²) in [7, 11) is 0. The first-order valence-electron chi connectivity index (χ1n) is 8.99. The second-order valence-electron chi connectivity index (χ2n) is 6.78. The van der Waals surface area contributed by atoms with Gasteiger partial charge in [0.1, 0.15) is 0 Å². The number of anilines is 1. The number of aryl methyl sites for hydroxylation is 2. The van der Waals surface area contributed by atoms with Gasteiger partial charge in [-0.15, -0.1) is 0 Å². The Bertz CT molecular complexity index is 709. The number of piperidine rings is 1. The fourth-order valence-corrected chi connectivity index (χ4v) is 3.39. The van der Waals surface area contributed by atoms with Crippen LogP contribution in [0.15, 0.2) is 36.7 Å². The van der Waals surface area contributed by atoms with E-state index in [2.05, 4.69) is 52.2 Å². The first-order chi connectivity index (χ1) is 12.1. The highest BCUT2D eigenvalue weighted by Gasteiger charge is 2.25. The van der Waals surface area contributed by atoms with Crippen molar-refractivity contribution in [2.24, 2.45) is 5.92 Å². The summed E-state index contributed by atoms with van der Waals surface area (Å²) in [4.78, 5) is 23.1. The van der Waals surface area contributed by atoms with Gasteiger partial charge >= 0.3 is 0 Å². The number of benzene rings is 1. The van der Waals surface area contributed by atoms with E-state index in [1.54, 1.807) is 12.4 Å². The summed E-state index contributed by atoms with van der Waals surface area (Å²) >= 11 is 0. The molecule has 1 saturated heterocycles. The third kappa shape index (κ3) is 4.56. The van der Waals surface area contributed by atoms with E-state index in [0.29, 0.717) is 6.54 Å². The highest BCUT2D eigenvalue weighted by atomic mass is 16.1. The zero-order chi connectivity index (χ0) is 17.6. The smallest absolute Gasteiger partial charge is 0.225 e. The van der Waals surface area contributed by atoms with Gasteiger partial charge in [-0.1, -0.05) is 23.8 Å². The molecule has 5 heteroatoms. The molecule has 0 radical (unpaired) electrons. The summed E-state index contributed by atoms with van der Waals surface area (Å²) < 4.78 is 0. The topological polar surface area (TPSA) is 58.1 Å². The summed E-state index contributed by atoms with van der Waals surface area (Å²) in [6.07, 6.45) is 6.11. The molecule has 1 N–H and O–H groups in total. The van der Waals surface area contributed by atoms with Crippen LogP contribution in [0.3, 0.4) is 0 Å². The number of rotatable bonds is 5. The maximum Gasteiger partial charge on any atom is 0.225 e. The number of nitrogens with one attached hydrogen (secondary N) is 1. The van der Waals surface area contributed by atoms with Crippen LogP contribution in [0.25, 0.3) is 0 Å². The van der Waals surface area contributed by atoms with E-state index in [9.17, 15) is 4.79 Å². The lowest BCUT2D eigenvalue weighted by Crippen LogP contribution is -2.41. The monoisotopic (exact) mass is 338 g/mol. The van der Waals surface area contributed by atoms with Crippen molar-refractivity contribution in [1.82, 2.24) is 15.3 Å². The van der Waals surface area contributed by atoms with Crippen LogP contribution in [0, 0.1) is 19.8 Å². The second kappa shape index (κ2) is 8.10. The Morgan fingerprint density at radius 1 is 1.20 bits per heavy atom. The van der Waals surface area contributed by atoms with Crippen molar-refractivity contribution >= 4 is 11.9 Å².